The summed E-state index contributed by atoms with van der Waals surface area (Å²) in [5.74, 6) is -2.09. The van der Waals surface area contributed by atoms with Crippen LogP contribution >= 0.6 is 58.5 Å². The molecular formula is C22H18Cl2N2O4S3. The number of amides is 2. The van der Waals surface area contributed by atoms with E-state index in [2.05, 4.69) is 4.98 Å². The van der Waals surface area contributed by atoms with Crippen molar-refractivity contribution in [2.75, 3.05) is 6.54 Å². The lowest BCUT2D eigenvalue weighted by molar-refractivity contribution is -0.142. The van der Waals surface area contributed by atoms with Crippen LogP contribution in [0.25, 0.3) is 0 Å². The van der Waals surface area contributed by atoms with Crippen molar-refractivity contribution in [2.45, 2.75) is 29.0 Å². The molecule has 1 saturated heterocycles. The highest BCUT2D eigenvalue weighted by Crippen LogP contribution is 2.69. The first-order chi connectivity index (χ1) is 15.8. The fourth-order valence-corrected chi connectivity index (χ4v) is 10.4. The number of likely N-dealkylation sites (tertiary alicyclic amines) is 1. The molecular weight excluding hydrogens is 523 g/mol. The van der Waals surface area contributed by atoms with Crippen LogP contribution in [0, 0.1) is 33.5 Å². The fourth-order valence-electron chi connectivity index (χ4n) is 6.62. The molecule has 2 aliphatic heterocycles. The van der Waals surface area contributed by atoms with Crippen molar-refractivity contribution in [3.05, 3.63) is 42.6 Å². The van der Waals surface area contributed by atoms with Gasteiger partial charge in [0.2, 0.25) is 11.8 Å². The van der Waals surface area contributed by atoms with E-state index in [1.165, 1.54) is 16.2 Å². The van der Waals surface area contributed by atoms with Crippen LogP contribution in [0.1, 0.15) is 29.2 Å². The van der Waals surface area contributed by atoms with Gasteiger partial charge < -0.3 is 10.1 Å². The maximum absolute atomic E-state index is 13.3. The minimum absolute atomic E-state index is 0.0210. The van der Waals surface area contributed by atoms with E-state index in [1.807, 2.05) is 12.1 Å². The van der Waals surface area contributed by atoms with Crippen LogP contribution in [0.2, 0.25) is 10.0 Å². The third-order valence-corrected chi connectivity index (χ3v) is 11.5. The third-order valence-electron chi connectivity index (χ3n) is 7.68. The second-order valence-corrected chi connectivity index (χ2v) is 12.8. The van der Waals surface area contributed by atoms with Crippen LogP contribution < -0.4 is 0 Å². The van der Waals surface area contributed by atoms with Crippen LogP contribution in [0.5, 0.6) is 0 Å². The first kappa shape index (κ1) is 22.1. The second-order valence-electron chi connectivity index (χ2n) is 9.08. The zero-order valence-electron chi connectivity index (χ0n) is 17.0. The zero-order chi connectivity index (χ0) is 23.2. The zero-order valence-corrected chi connectivity index (χ0v) is 21.0. The van der Waals surface area contributed by atoms with Gasteiger partial charge in [-0.25, -0.2) is 0 Å². The van der Waals surface area contributed by atoms with E-state index in [4.69, 9.17) is 40.5 Å². The SMILES string of the molecule is O=C(O)CCN1C(=O)C2C3CC(C2C1=O)C1C(c2cccc(Cl)c2Cl)c2sc(=S)[nH]c2SC31. The van der Waals surface area contributed by atoms with E-state index in [9.17, 15) is 14.4 Å². The number of halogens is 2. The molecule has 172 valence electrons. The van der Waals surface area contributed by atoms with Crippen LogP contribution in [0.3, 0.4) is 0 Å². The Balaban J connectivity index is 1.44. The van der Waals surface area contributed by atoms with E-state index in [1.54, 1.807) is 17.8 Å². The van der Waals surface area contributed by atoms with Crippen LogP contribution in [0.4, 0.5) is 0 Å². The molecule has 7 atom stereocenters. The van der Waals surface area contributed by atoms with Gasteiger partial charge in [0.15, 0.2) is 3.95 Å². The number of fused-ring (bicyclic) bond motifs is 9. The Labute approximate surface area is 212 Å². The molecule has 6 rings (SSSR count). The van der Waals surface area contributed by atoms with Crippen LogP contribution in [-0.2, 0) is 14.4 Å². The number of hydrogen-bond donors (Lipinski definition) is 2. The summed E-state index contributed by atoms with van der Waals surface area (Å²) >= 11 is 21.8. The number of thioether (sulfide) groups is 1. The average Bonchev–Trinajstić information content (AvgIpc) is 3.48. The summed E-state index contributed by atoms with van der Waals surface area (Å²) in [4.78, 5) is 43.2. The summed E-state index contributed by atoms with van der Waals surface area (Å²) in [5.41, 5.74) is 0.926. The van der Waals surface area contributed by atoms with Gasteiger partial charge in [-0.1, -0.05) is 35.3 Å². The smallest absolute Gasteiger partial charge is 0.305 e. The Kier molecular flexibility index (Phi) is 5.23. The Hall–Kier alpha value is -1.39. The summed E-state index contributed by atoms with van der Waals surface area (Å²) in [6.07, 6.45) is 0.578. The molecule has 3 fully saturated rings. The number of nitrogens with zero attached hydrogens (tertiary/aromatic N) is 1. The van der Waals surface area contributed by atoms with Gasteiger partial charge in [0.25, 0.3) is 0 Å². The summed E-state index contributed by atoms with van der Waals surface area (Å²) in [6, 6.07) is 5.64. The number of H-pyrrole nitrogens is 1. The number of aliphatic carboxylic acids is 1. The molecule has 0 spiro atoms. The first-order valence-electron chi connectivity index (χ1n) is 10.7. The Bertz CT molecular complexity index is 1280. The minimum atomic E-state index is -1.02. The maximum Gasteiger partial charge on any atom is 0.305 e. The predicted molar refractivity (Wildman–Crippen MR) is 128 cm³/mol. The minimum Gasteiger partial charge on any atom is -0.481 e. The lowest BCUT2D eigenvalue weighted by Gasteiger charge is -2.43. The summed E-state index contributed by atoms with van der Waals surface area (Å²) in [7, 11) is 0. The number of aromatic nitrogens is 1. The number of nitrogens with one attached hydrogen (secondary N) is 1. The van der Waals surface area contributed by atoms with Crippen LogP contribution in [0.15, 0.2) is 23.2 Å². The summed E-state index contributed by atoms with van der Waals surface area (Å²) in [5, 5.41) is 11.2. The van der Waals surface area contributed by atoms with E-state index in [-0.39, 0.29) is 59.6 Å². The van der Waals surface area contributed by atoms with Gasteiger partial charge in [0.05, 0.1) is 33.3 Å². The van der Waals surface area contributed by atoms with Gasteiger partial charge in [0, 0.05) is 22.6 Å². The molecule has 7 unspecified atom stereocenters. The first-order valence-corrected chi connectivity index (χ1v) is 13.5. The molecule has 4 aliphatic rings. The largest absolute Gasteiger partial charge is 0.481 e. The van der Waals surface area contributed by atoms with E-state index >= 15 is 0 Å². The van der Waals surface area contributed by atoms with Gasteiger partial charge >= 0.3 is 5.97 Å². The lowest BCUT2D eigenvalue weighted by Crippen LogP contribution is -2.42. The number of carboxylic acids is 1. The molecule has 6 nitrogen and oxygen atoms in total. The third kappa shape index (κ3) is 3.12. The van der Waals surface area contributed by atoms with Crippen molar-refractivity contribution in [1.29, 1.82) is 0 Å². The highest BCUT2D eigenvalue weighted by atomic mass is 35.5. The number of carboxylic acid groups (broad SMARTS) is 1. The molecule has 2 aromatic rings. The summed E-state index contributed by atoms with van der Waals surface area (Å²) in [6.45, 7) is -0.0636. The van der Waals surface area contributed by atoms with Crippen LogP contribution in [-0.4, -0.2) is 44.6 Å². The highest BCUT2D eigenvalue weighted by molar-refractivity contribution is 8.00. The van der Waals surface area contributed by atoms with E-state index in [0.29, 0.717) is 14.0 Å². The van der Waals surface area contributed by atoms with Crippen molar-refractivity contribution in [1.82, 2.24) is 9.88 Å². The molecule has 3 heterocycles. The number of carbonyl (C=O) groups is 3. The van der Waals surface area contributed by atoms with Crippen molar-refractivity contribution < 1.29 is 19.5 Å². The average molecular weight is 542 g/mol. The standard InChI is InChI=1S/C22H18Cl2N2O4S3/c23-10-3-1-2-7(16(10)24)12-13-8-6-9(17(13)32-19-18(12)33-22(31)25-19)15-14(8)20(29)26(21(15)30)5-4-11(27)28/h1-3,8-9,12-15,17H,4-6H2,(H,25,31)(H,27,28). The monoisotopic (exact) mass is 540 g/mol. The Morgan fingerprint density at radius 2 is 1.94 bits per heavy atom. The number of benzene rings is 1. The van der Waals surface area contributed by atoms with Gasteiger partial charge in [-0.3, -0.25) is 19.3 Å². The van der Waals surface area contributed by atoms with Crippen molar-refractivity contribution in [3.63, 3.8) is 0 Å². The van der Waals surface area contributed by atoms with E-state index in [0.717, 1.165) is 21.9 Å². The molecule has 2 N–H and O–H groups in total. The number of thiazole rings is 1. The van der Waals surface area contributed by atoms with E-state index < -0.39 is 11.9 Å². The Morgan fingerprint density at radius 3 is 2.67 bits per heavy atom. The lowest BCUT2D eigenvalue weighted by atomic mass is 9.68. The molecule has 1 aromatic heterocycles. The van der Waals surface area contributed by atoms with Crippen molar-refractivity contribution in [2.24, 2.45) is 29.6 Å². The molecule has 0 radical (unpaired) electrons. The van der Waals surface area contributed by atoms with Gasteiger partial charge in [-0.15, -0.1) is 23.1 Å². The van der Waals surface area contributed by atoms with Crippen molar-refractivity contribution >= 4 is 76.3 Å². The molecule has 2 bridgehead atoms. The normalized spacial score (nSPS) is 33.9. The number of rotatable bonds is 4. The molecule has 2 amide bonds. The fraction of sp³-hybridized carbons (Fsp3) is 0.455. The van der Waals surface area contributed by atoms with Gasteiger partial charge in [-0.2, -0.15) is 0 Å². The molecule has 2 aliphatic carbocycles. The van der Waals surface area contributed by atoms with Gasteiger partial charge in [0.1, 0.15) is 0 Å². The highest BCUT2D eigenvalue weighted by Gasteiger charge is 2.69. The van der Waals surface area contributed by atoms with Gasteiger partial charge in [-0.05, 0) is 48.0 Å². The second kappa shape index (κ2) is 7.81. The molecule has 33 heavy (non-hydrogen) atoms. The van der Waals surface area contributed by atoms with Crippen molar-refractivity contribution in [3.8, 4) is 0 Å². The topological polar surface area (TPSA) is 90.5 Å². The number of hydrogen-bond acceptors (Lipinski definition) is 6. The molecule has 1 aromatic carbocycles. The maximum atomic E-state index is 13.3. The Morgan fingerprint density at radius 1 is 1.21 bits per heavy atom. The quantitative estimate of drug-likeness (QED) is 0.416. The molecule has 11 heteroatoms. The number of carbonyl (C=O) groups excluding carboxylic acids is 2. The molecule has 2 saturated carbocycles. The number of aromatic amines is 1. The number of imide groups is 1. The predicted octanol–water partition coefficient (Wildman–Crippen LogP) is 5.06. The summed E-state index contributed by atoms with van der Waals surface area (Å²) < 4.78 is 0.690.